The summed E-state index contributed by atoms with van der Waals surface area (Å²) >= 11 is 0. The topological polar surface area (TPSA) is 30.7 Å². The molecule has 0 unspecified atom stereocenters. The monoisotopic (exact) mass is 285 g/mol. The maximum absolute atomic E-state index is 4.89. The molecule has 3 nitrogen and oxygen atoms in total. The first kappa shape index (κ1) is 12.8. The molecular weight excluding hydrogens is 270 g/mol. The Hall–Kier alpha value is -2.94. The summed E-state index contributed by atoms with van der Waals surface area (Å²) in [5, 5.41) is 0. The van der Waals surface area contributed by atoms with E-state index in [0.29, 0.717) is 0 Å². The van der Waals surface area contributed by atoms with Gasteiger partial charge in [-0.25, -0.2) is 4.98 Å². The first-order valence-electron chi connectivity index (χ1n) is 7.28. The lowest BCUT2D eigenvalue weighted by Crippen LogP contribution is -1.97. The molecule has 0 aliphatic rings. The van der Waals surface area contributed by atoms with Gasteiger partial charge in [0.15, 0.2) is 0 Å². The molecule has 4 rings (SSSR count). The summed E-state index contributed by atoms with van der Waals surface area (Å²) in [5.74, 6) is 0.943. The lowest BCUT2D eigenvalue weighted by molar-refractivity contribution is 1.08. The molecule has 2 heterocycles. The van der Waals surface area contributed by atoms with E-state index >= 15 is 0 Å². The Balaban J connectivity index is 2.10. The second-order valence-corrected chi connectivity index (χ2v) is 5.29. The van der Waals surface area contributed by atoms with Crippen LogP contribution in [0, 0.1) is 6.92 Å². The number of hydrogen-bond acceptors (Lipinski definition) is 2. The molecule has 4 aromatic rings. The number of fused-ring (bicyclic) bond motifs is 1. The van der Waals surface area contributed by atoms with Gasteiger partial charge in [-0.1, -0.05) is 42.5 Å². The molecule has 0 amide bonds. The molecule has 0 aliphatic heterocycles. The van der Waals surface area contributed by atoms with Crippen LogP contribution in [0.2, 0.25) is 0 Å². The Kier molecular flexibility index (Phi) is 2.97. The molecule has 0 atom stereocenters. The molecule has 0 bridgehead atoms. The molecule has 0 saturated carbocycles. The zero-order chi connectivity index (χ0) is 14.9. The van der Waals surface area contributed by atoms with Crippen LogP contribution in [-0.2, 0) is 0 Å². The highest BCUT2D eigenvalue weighted by atomic mass is 15.1. The number of nitrogens with zero attached hydrogens (tertiary/aromatic N) is 3. The first-order chi connectivity index (χ1) is 10.8. The molecule has 2 aromatic carbocycles. The standard InChI is InChI=1S/C19H15N3/c1-14-7-5-11-17-18(14)21-19(15-8-3-2-4-9-15)22(17)16-10-6-12-20-13-16/h2-13H,1H3. The Bertz CT molecular complexity index is 925. The van der Waals surface area contributed by atoms with Gasteiger partial charge in [0.05, 0.1) is 22.9 Å². The summed E-state index contributed by atoms with van der Waals surface area (Å²) < 4.78 is 2.17. The van der Waals surface area contributed by atoms with E-state index in [9.17, 15) is 0 Å². The molecule has 2 aromatic heterocycles. The lowest BCUT2D eigenvalue weighted by Gasteiger charge is -2.08. The van der Waals surface area contributed by atoms with Crippen molar-refractivity contribution in [3.05, 3.63) is 78.6 Å². The average Bonchev–Trinajstić information content (AvgIpc) is 2.97. The third-order valence-electron chi connectivity index (χ3n) is 3.82. The van der Waals surface area contributed by atoms with Gasteiger partial charge < -0.3 is 0 Å². The van der Waals surface area contributed by atoms with Gasteiger partial charge in [0.1, 0.15) is 5.82 Å². The van der Waals surface area contributed by atoms with Crippen molar-refractivity contribution in [1.82, 2.24) is 14.5 Å². The maximum atomic E-state index is 4.89. The van der Waals surface area contributed by atoms with Crippen molar-refractivity contribution in [3.63, 3.8) is 0 Å². The van der Waals surface area contributed by atoms with Crippen molar-refractivity contribution in [2.45, 2.75) is 6.92 Å². The number of para-hydroxylation sites is 1. The van der Waals surface area contributed by atoms with E-state index in [1.165, 1.54) is 5.56 Å². The SMILES string of the molecule is Cc1cccc2c1nc(-c1ccccc1)n2-c1cccnc1. The molecule has 3 heteroatoms. The minimum Gasteiger partial charge on any atom is -0.291 e. The highest BCUT2D eigenvalue weighted by molar-refractivity contribution is 5.85. The summed E-state index contributed by atoms with van der Waals surface area (Å²) in [6.45, 7) is 2.09. The van der Waals surface area contributed by atoms with E-state index in [-0.39, 0.29) is 0 Å². The van der Waals surface area contributed by atoms with Gasteiger partial charge in [0.2, 0.25) is 0 Å². The van der Waals surface area contributed by atoms with Gasteiger partial charge >= 0.3 is 0 Å². The highest BCUT2D eigenvalue weighted by Crippen LogP contribution is 2.29. The van der Waals surface area contributed by atoms with Gasteiger partial charge in [-0.2, -0.15) is 0 Å². The summed E-state index contributed by atoms with van der Waals surface area (Å²) in [5.41, 5.74) is 5.44. The molecule has 106 valence electrons. The Morgan fingerprint density at radius 2 is 1.73 bits per heavy atom. The van der Waals surface area contributed by atoms with Crippen molar-refractivity contribution in [2.24, 2.45) is 0 Å². The average molecular weight is 285 g/mol. The van der Waals surface area contributed by atoms with Crippen molar-refractivity contribution in [2.75, 3.05) is 0 Å². The predicted octanol–water partition coefficient (Wildman–Crippen LogP) is 4.40. The van der Waals surface area contributed by atoms with Crippen LogP contribution in [0.25, 0.3) is 28.1 Å². The largest absolute Gasteiger partial charge is 0.291 e. The normalized spacial score (nSPS) is 11.0. The first-order valence-corrected chi connectivity index (χ1v) is 7.28. The quantitative estimate of drug-likeness (QED) is 0.546. The molecule has 22 heavy (non-hydrogen) atoms. The third kappa shape index (κ3) is 1.99. The van der Waals surface area contributed by atoms with Crippen LogP contribution < -0.4 is 0 Å². The molecule has 0 radical (unpaired) electrons. The molecular formula is C19H15N3. The number of benzene rings is 2. The zero-order valence-corrected chi connectivity index (χ0v) is 12.3. The van der Waals surface area contributed by atoms with E-state index in [2.05, 4.69) is 52.9 Å². The van der Waals surface area contributed by atoms with Crippen LogP contribution in [0.3, 0.4) is 0 Å². The molecule has 0 saturated heterocycles. The molecule has 0 aliphatic carbocycles. The number of aryl methyl sites for hydroxylation is 1. The highest BCUT2D eigenvalue weighted by Gasteiger charge is 2.15. The minimum absolute atomic E-state index is 0.943. The predicted molar refractivity (Wildman–Crippen MR) is 89.0 cm³/mol. The lowest BCUT2D eigenvalue weighted by atomic mass is 10.2. The molecule has 0 fully saturated rings. The van der Waals surface area contributed by atoms with Gasteiger partial charge in [0.25, 0.3) is 0 Å². The fourth-order valence-corrected chi connectivity index (χ4v) is 2.77. The van der Waals surface area contributed by atoms with Crippen molar-refractivity contribution in [3.8, 4) is 17.1 Å². The molecule has 0 spiro atoms. The molecule has 0 N–H and O–H groups in total. The van der Waals surface area contributed by atoms with Crippen LogP contribution in [0.4, 0.5) is 0 Å². The van der Waals surface area contributed by atoms with Gasteiger partial charge in [-0.15, -0.1) is 0 Å². The number of pyridine rings is 1. The van der Waals surface area contributed by atoms with Crippen LogP contribution in [0.5, 0.6) is 0 Å². The van der Waals surface area contributed by atoms with Gasteiger partial charge in [0, 0.05) is 11.8 Å². The van der Waals surface area contributed by atoms with E-state index in [1.807, 2.05) is 30.5 Å². The Labute approximate surface area is 128 Å². The Morgan fingerprint density at radius 1 is 0.864 bits per heavy atom. The van der Waals surface area contributed by atoms with Crippen LogP contribution in [-0.4, -0.2) is 14.5 Å². The third-order valence-corrected chi connectivity index (χ3v) is 3.82. The van der Waals surface area contributed by atoms with Gasteiger partial charge in [-0.05, 0) is 30.7 Å². The van der Waals surface area contributed by atoms with Crippen molar-refractivity contribution in [1.29, 1.82) is 0 Å². The van der Waals surface area contributed by atoms with Crippen LogP contribution in [0.1, 0.15) is 5.56 Å². The zero-order valence-electron chi connectivity index (χ0n) is 12.3. The number of hydrogen-bond donors (Lipinski definition) is 0. The fourth-order valence-electron chi connectivity index (χ4n) is 2.77. The summed E-state index contributed by atoms with van der Waals surface area (Å²) in [6, 6.07) is 20.5. The van der Waals surface area contributed by atoms with E-state index in [0.717, 1.165) is 28.1 Å². The van der Waals surface area contributed by atoms with E-state index in [4.69, 9.17) is 4.98 Å². The fraction of sp³-hybridized carbons (Fsp3) is 0.0526. The van der Waals surface area contributed by atoms with Crippen LogP contribution >= 0.6 is 0 Å². The number of imidazole rings is 1. The smallest absolute Gasteiger partial charge is 0.145 e. The summed E-state index contributed by atoms with van der Waals surface area (Å²) in [4.78, 5) is 9.15. The van der Waals surface area contributed by atoms with Gasteiger partial charge in [-0.3, -0.25) is 9.55 Å². The van der Waals surface area contributed by atoms with E-state index in [1.54, 1.807) is 6.20 Å². The van der Waals surface area contributed by atoms with Crippen molar-refractivity contribution >= 4 is 11.0 Å². The Morgan fingerprint density at radius 3 is 2.50 bits per heavy atom. The summed E-state index contributed by atoms with van der Waals surface area (Å²) in [7, 11) is 0. The minimum atomic E-state index is 0.943. The number of rotatable bonds is 2. The second-order valence-electron chi connectivity index (χ2n) is 5.29. The second kappa shape index (κ2) is 5.11. The summed E-state index contributed by atoms with van der Waals surface area (Å²) in [6.07, 6.45) is 3.66. The van der Waals surface area contributed by atoms with Crippen LogP contribution in [0.15, 0.2) is 73.1 Å². The van der Waals surface area contributed by atoms with Crippen molar-refractivity contribution < 1.29 is 0 Å². The maximum Gasteiger partial charge on any atom is 0.145 e. The van der Waals surface area contributed by atoms with E-state index < -0.39 is 0 Å². The number of aromatic nitrogens is 3.